The molecule has 0 aliphatic carbocycles. The van der Waals surface area contributed by atoms with Crippen LogP contribution in [0.1, 0.15) is 16.1 Å². The Kier molecular flexibility index (Phi) is 4.19. The Bertz CT molecular complexity index is 609. The molecule has 0 atom stereocenters. The maximum Gasteiger partial charge on any atom is 0.340 e. The van der Waals surface area contributed by atoms with Crippen LogP contribution < -0.4 is 11.1 Å². The number of carbonyl (C=O) groups is 1. The number of esters is 1. The maximum atomic E-state index is 11.5. The Morgan fingerprint density at radius 3 is 3.00 bits per heavy atom. The average molecular weight is 275 g/mol. The number of anilines is 2. The van der Waals surface area contributed by atoms with Crippen molar-refractivity contribution in [3.05, 3.63) is 35.8 Å². The largest absolute Gasteiger partial charge is 0.465 e. The van der Waals surface area contributed by atoms with Crippen LogP contribution in [0.2, 0.25) is 0 Å². The molecule has 0 saturated heterocycles. The first-order valence-corrected chi connectivity index (χ1v) is 6.16. The molecular formula is C13H17N5O2. The zero-order valence-corrected chi connectivity index (χ0v) is 11.5. The van der Waals surface area contributed by atoms with Gasteiger partial charge in [0.15, 0.2) is 0 Å². The Labute approximate surface area is 116 Å². The molecule has 3 N–H and O–H groups in total. The van der Waals surface area contributed by atoms with Crippen molar-refractivity contribution in [1.82, 2.24) is 14.8 Å². The second kappa shape index (κ2) is 6.05. The van der Waals surface area contributed by atoms with E-state index in [1.54, 1.807) is 12.3 Å². The first-order valence-electron chi connectivity index (χ1n) is 6.16. The summed E-state index contributed by atoms with van der Waals surface area (Å²) < 4.78 is 6.48. The third-order valence-corrected chi connectivity index (χ3v) is 2.95. The first-order chi connectivity index (χ1) is 9.61. The van der Waals surface area contributed by atoms with Crippen molar-refractivity contribution in [3.63, 3.8) is 0 Å². The fourth-order valence-corrected chi connectivity index (χ4v) is 1.81. The second-order valence-corrected chi connectivity index (χ2v) is 4.27. The van der Waals surface area contributed by atoms with Crippen molar-refractivity contribution in [2.45, 2.75) is 6.42 Å². The number of aryl methyl sites for hydroxylation is 1. The first kappa shape index (κ1) is 13.9. The summed E-state index contributed by atoms with van der Waals surface area (Å²) >= 11 is 0. The SMILES string of the molecule is COC(=O)c1cc(NCCc2ccnn2C)ncc1N. The van der Waals surface area contributed by atoms with Gasteiger partial charge in [-0.1, -0.05) is 0 Å². The third kappa shape index (κ3) is 3.05. The van der Waals surface area contributed by atoms with E-state index in [1.165, 1.54) is 13.3 Å². The summed E-state index contributed by atoms with van der Waals surface area (Å²) in [7, 11) is 3.21. The number of hydrogen-bond donors (Lipinski definition) is 2. The molecule has 0 aliphatic heterocycles. The van der Waals surface area contributed by atoms with Crippen molar-refractivity contribution in [2.75, 3.05) is 24.7 Å². The van der Waals surface area contributed by atoms with Gasteiger partial charge in [0.1, 0.15) is 5.82 Å². The lowest BCUT2D eigenvalue weighted by Crippen LogP contribution is -2.11. The zero-order chi connectivity index (χ0) is 14.5. The van der Waals surface area contributed by atoms with Crippen LogP contribution in [0.15, 0.2) is 24.5 Å². The predicted molar refractivity (Wildman–Crippen MR) is 75.4 cm³/mol. The van der Waals surface area contributed by atoms with E-state index in [0.29, 0.717) is 23.6 Å². The molecule has 0 unspecified atom stereocenters. The number of methoxy groups -OCH3 is 1. The third-order valence-electron chi connectivity index (χ3n) is 2.95. The van der Waals surface area contributed by atoms with E-state index < -0.39 is 5.97 Å². The number of carbonyl (C=O) groups excluding carboxylic acids is 1. The number of aromatic nitrogens is 3. The number of nitrogen functional groups attached to an aromatic ring is 1. The normalized spacial score (nSPS) is 10.3. The lowest BCUT2D eigenvalue weighted by Gasteiger charge is -2.08. The van der Waals surface area contributed by atoms with Gasteiger partial charge in [0.05, 0.1) is 24.6 Å². The molecule has 2 heterocycles. The van der Waals surface area contributed by atoms with Gasteiger partial charge in [0.25, 0.3) is 0 Å². The fourth-order valence-electron chi connectivity index (χ4n) is 1.81. The summed E-state index contributed by atoms with van der Waals surface area (Å²) in [4.78, 5) is 15.7. The van der Waals surface area contributed by atoms with Gasteiger partial charge in [-0.25, -0.2) is 9.78 Å². The van der Waals surface area contributed by atoms with Crippen LogP contribution in [0.5, 0.6) is 0 Å². The van der Waals surface area contributed by atoms with Gasteiger partial charge in [-0.3, -0.25) is 4.68 Å². The van der Waals surface area contributed by atoms with Gasteiger partial charge in [-0.15, -0.1) is 0 Å². The summed E-state index contributed by atoms with van der Waals surface area (Å²) in [6, 6.07) is 3.54. The highest BCUT2D eigenvalue weighted by atomic mass is 16.5. The van der Waals surface area contributed by atoms with E-state index in [0.717, 1.165) is 12.1 Å². The van der Waals surface area contributed by atoms with Gasteiger partial charge in [-0.05, 0) is 12.1 Å². The number of pyridine rings is 1. The Morgan fingerprint density at radius 1 is 1.55 bits per heavy atom. The number of hydrogen-bond acceptors (Lipinski definition) is 6. The molecule has 7 nitrogen and oxygen atoms in total. The van der Waals surface area contributed by atoms with Crippen molar-refractivity contribution in [2.24, 2.45) is 7.05 Å². The lowest BCUT2D eigenvalue weighted by atomic mass is 10.2. The van der Waals surface area contributed by atoms with E-state index in [9.17, 15) is 4.79 Å². The van der Waals surface area contributed by atoms with E-state index in [2.05, 4.69) is 20.1 Å². The minimum atomic E-state index is -0.473. The minimum Gasteiger partial charge on any atom is -0.465 e. The Morgan fingerprint density at radius 2 is 2.35 bits per heavy atom. The van der Waals surface area contributed by atoms with Crippen LogP contribution in [0.25, 0.3) is 0 Å². The van der Waals surface area contributed by atoms with Crippen LogP contribution in [0.4, 0.5) is 11.5 Å². The number of nitrogens with one attached hydrogen (secondary N) is 1. The van der Waals surface area contributed by atoms with Gasteiger partial charge in [0.2, 0.25) is 0 Å². The molecule has 0 radical (unpaired) electrons. The second-order valence-electron chi connectivity index (χ2n) is 4.27. The summed E-state index contributed by atoms with van der Waals surface area (Å²) in [5, 5.41) is 7.24. The topological polar surface area (TPSA) is 95.1 Å². The average Bonchev–Trinajstić information content (AvgIpc) is 2.85. The summed E-state index contributed by atoms with van der Waals surface area (Å²) in [6.45, 7) is 0.678. The van der Waals surface area contributed by atoms with E-state index in [-0.39, 0.29) is 0 Å². The molecule has 0 fully saturated rings. The van der Waals surface area contributed by atoms with Crippen molar-refractivity contribution >= 4 is 17.5 Å². The standard InChI is InChI=1S/C13H17N5O2/c1-18-9(4-6-17-18)3-5-15-12-7-10(13(19)20-2)11(14)8-16-12/h4,6-8H,3,5,14H2,1-2H3,(H,15,16). The van der Waals surface area contributed by atoms with Crippen LogP contribution >= 0.6 is 0 Å². The lowest BCUT2D eigenvalue weighted by molar-refractivity contribution is 0.0602. The number of rotatable bonds is 5. The molecule has 0 bridgehead atoms. The maximum absolute atomic E-state index is 11.5. The molecule has 2 aromatic rings. The van der Waals surface area contributed by atoms with Crippen LogP contribution in [-0.4, -0.2) is 34.4 Å². The molecule has 2 rings (SSSR count). The van der Waals surface area contributed by atoms with E-state index >= 15 is 0 Å². The predicted octanol–water partition coefficient (Wildman–Crippen LogP) is 0.838. The van der Waals surface area contributed by atoms with Crippen molar-refractivity contribution in [3.8, 4) is 0 Å². The van der Waals surface area contributed by atoms with Crippen molar-refractivity contribution in [1.29, 1.82) is 0 Å². The van der Waals surface area contributed by atoms with Gasteiger partial charge in [0, 0.05) is 31.9 Å². The highest BCUT2D eigenvalue weighted by molar-refractivity contribution is 5.95. The number of nitrogens with zero attached hydrogens (tertiary/aromatic N) is 3. The quantitative estimate of drug-likeness (QED) is 0.785. The van der Waals surface area contributed by atoms with E-state index in [4.69, 9.17) is 5.73 Å². The molecule has 0 saturated carbocycles. The molecule has 0 spiro atoms. The highest BCUT2D eigenvalue weighted by Gasteiger charge is 2.11. The van der Waals surface area contributed by atoms with E-state index in [1.807, 2.05) is 17.8 Å². The number of ether oxygens (including phenoxy) is 1. The highest BCUT2D eigenvalue weighted by Crippen LogP contribution is 2.15. The van der Waals surface area contributed by atoms with Crippen LogP contribution in [-0.2, 0) is 18.2 Å². The molecule has 0 aromatic carbocycles. The monoisotopic (exact) mass is 275 g/mol. The molecule has 7 heteroatoms. The smallest absolute Gasteiger partial charge is 0.340 e. The minimum absolute atomic E-state index is 0.300. The molecule has 20 heavy (non-hydrogen) atoms. The Balaban J connectivity index is 2.00. The van der Waals surface area contributed by atoms with Gasteiger partial charge in [-0.2, -0.15) is 5.10 Å². The zero-order valence-electron chi connectivity index (χ0n) is 11.5. The van der Waals surface area contributed by atoms with Gasteiger partial charge < -0.3 is 15.8 Å². The molecule has 106 valence electrons. The van der Waals surface area contributed by atoms with Gasteiger partial charge >= 0.3 is 5.97 Å². The molecule has 0 aliphatic rings. The fraction of sp³-hybridized carbons (Fsp3) is 0.308. The summed E-state index contributed by atoms with van der Waals surface area (Å²) in [5.41, 5.74) is 7.41. The molecular weight excluding hydrogens is 258 g/mol. The number of nitrogens with two attached hydrogens (primary N) is 1. The molecule has 0 amide bonds. The summed E-state index contributed by atoms with van der Waals surface area (Å²) in [5.74, 6) is 0.112. The van der Waals surface area contributed by atoms with Crippen molar-refractivity contribution < 1.29 is 9.53 Å². The summed E-state index contributed by atoms with van der Waals surface area (Å²) in [6.07, 6.45) is 4.00. The van der Waals surface area contributed by atoms with Crippen LogP contribution in [0, 0.1) is 0 Å². The van der Waals surface area contributed by atoms with Crippen LogP contribution in [0.3, 0.4) is 0 Å². The Hall–Kier alpha value is -2.57. The molecule has 2 aromatic heterocycles.